The molecule has 0 saturated carbocycles. The van der Waals surface area contributed by atoms with Crippen LogP contribution in [0.5, 0.6) is 0 Å². The first kappa shape index (κ1) is 21.4. The third-order valence-electron chi connectivity index (χ3n) is 7.02. The molecule has 2 bridgehead atoms. The third-order valence-corrected chi connectivity index (χ3v) is 7.02. The summed E-state index contributed by atoms with van der Waals surface area (Å²) < 4.78 is 18.6. The molecule has 30 heavy (non-hydrogen) atoms. The molecular formula is C24H34BNO4. The Morgan fingerprint density at radius 1 is 1.17 bits per heavy atom. The molecule has 1 amide bonds. The highest BCUT2D eigenvalue weighted by atomic mass is 16.7. The first-order valence-electron chi connectivity index (χ1n) is 10.9. The fourth-order valence-corrected chi connectivity index (χ4v) is 4.85. The van der Waals surface area contributed by atoms with Crippen LogP contribution in [0.2, 0.25) is 0 Å². The lowest BCUT2D eigenvalue weighted by atomic mass is 9.70. The number of aryl methyl sites for hydroxylation is 1. The van der Waals surface area contributed by atoms with E-state index in [1.165, 1.54) is 0 Å². The van der Waals surface area contributed by atoms with E-state index in [-0.39, 0.29) is 12.1 Å². The number of rotatable bonds is 2. The van der Waals surface area contributed by atoms with Gasteiger partial charge in [0.1, 0.15) is 5.60 Å². The number of carbonyl (C=O) groups excluding carboxylic acids is 1. The molecule has 1 aromatic rings. The molecule has 6 heteroatoms. The quantitative estimate of drug-likeness (QED) is 0.520. The van der Waals surface area contributed by atoms with Crippen molar-refractivity contribution in [1.82, 2.24) is 4.90 Å². The lowest BCUT2D eigenvalue weighted by Gasteiger charge is -2.35. The van der Waals surface area contributed by atoms with Crippen molar-refractivity contribution < 1.29 is 18.8 Å². The molecule has 4 rings (SSSR count). The fourth-order valence-electron chi connectivity index (χ4n) is 4.85. The molecule has 3 heterocycles. The first-order valence-corrected chi connectivity index (χ1v) is 10.9. The number of benzene rings is 1. The summed E-state index contributed by atoms with van der Waals surface area (Å²) in [7, 11) is -0.467. The lowest BCUT2D eigenvalue weighted by molar-refractivity contribution is 0.00571. The second kappa shape index (κ2) is 6.36. The summed E-state index contributed by atoms with van der Waals surface area (Å²) in [4.78, 5) is 15.2. The predicted molar refractivity (Wildman–Crippen MR) is 119 cm³/mol. The minimum atomic E-state index is -0.551. The Labute approximate surface area is 180 Å². The van der Waals surface area contributed by atoms with Crippen LogP contribution < -0.4 is 5.46 Å². The molecular weight excluding hydrogens is 377 g/mol. The van der Waals surface area contributed by atoms with E-state index in [1.54, 1.807) is 0 Å². The van der Waals surface area contributed by atoms with E-state index in [1.807, 2.05) is 25.7 Å². The van der Waals surface area contributed by atoms with Crippen molar-refractivity contribution in [2.75, 3.05) is 0 Å². The summed E-state index contributed by atoms with van der Waals surface area (Å²) in [6.07, 6.45) is 4.78. The monoisotopic (exact) mass is 411 g/mol. The van der Waals surface area contributed by atoms with Gasteiger partial charge in [0.2, 0.25) is 0 Å². The zero-order valence-corrected chi connectivity index (χ0v) is 19.8. The van der Waals surface area contributed by atoms with Crippen molar-refractivity contribution in [1.29, 1.82) is 0 Å². The molecule has 2 unspecified atom stereocenters. The van der Waals surface area contributed by atoms with E-state index in [9.17, 15) is 4.79 Å². The van der Waals surface area contributed by atoms with E-state index in [4.69, 9.17) is 14.0 Å². The number of hydrogen-bond donors (Lipinski definition) is 0. The molecule has 0 aliphatic carbocycles. The molecule has 1 fully saturated rings. The van der Waals surface area contributed by atoms with Crippen LogP contribution in [0.4, 0.5) is 4.79 Å². The standard InChI is InChI=1S/C24H34BNO4/c1-10-24-12-11-18(26(24)20(27)28-21(3,4)5)19-16(24)13-15(2)14-17(19)25-29-22(6,7)23(8,9)30-25/h11-14,18H,10H2,1-9H3. The van der Waals surface area contributed by atoms with Gasteiger partial charge in [0.05, 0.1) is 22.8 Å². The molecule has 0 aromatic heterocycles. The zero-order chi connectivity index (χ0) is 22.3. The topological polar surface area (TPSA) is 48.0 Å². The van der Waals surface area contributed by atoms with Crippen molar-refractivity contribution in [2.24, 2.45) is 0 Å². The van der Waals surface area contributed by atoms with Crippen molar-refractivity contribution in [2.45, 2.75) is 97.1 Å². The summed E-state index contributed by atoms with van der Waals surface area (Å²) >= 11 is 0. The van der Waals surface area contributed by atoms with Crippen LogP contribution in [0.25, 0.3) is 0 Å². The Bertz CT molecular complexity index is 914. The van der Waals surface area contributed by atoms with Crippen LogP contribution in [0.3, 0.4) is 0 Å². The highest BCUT2D eigenvalue weighted by molar-refractivity contribution is 6.62. The van der Waals surface area contributed by atoms with E-state index in [2.05, 4.69) is 65.8 Å². The van der Waals surface area contributed by atoms with Crippen molar-refractivity contribution in [3.05, 3.63) is 41.0 Å². The fraction of sp³-hybridized carbons (Fsp3) is 0.625. The minimum Gasteiger partial charge on any atom is -0.444 e. The summed E-state index contributed by atoms with van der Waals surface area (Å²) in [6, 6.07) is 4.17. The summed E-state index contributed by atoms with van der Waals surface area (Å²) in [5.74, 6) is 0. The summed E-state index contributed by atoms with van der Waals surface area (Å²) in [5.41, 5.74) is 2.54. The van der Waals surface area contributed by atoms with Gasteiger partial charge in [-0.15, -0.1) is 0 Å². The number of nitrogens with zero attached hydrogens (tertiary/aromatic N) is 1. The largest absolute Gasteiger partial charge is 0.495 e. The Kier molecular flexibility index (Phi) is 4.55. The second-order valence-corrected chi connectivity index (χ2v) is 10.8. The third kappa shape index (κ3) is 2.95. The van der Waals surface area contributed by atoms with E-state index in [0.29, 0.717) is 0 Å². The van der Waals surface area contributed by atoms with Gasteiger partial charge < -0.3 is 14.0 Å². The minimum absolute atomic E-state index is 0.176. The Hall–Kier alpha value is -1.79. The zero-order valence-electron chi connectivity index (χ0n) is 19.8. The van der Waals surface area contributed by atoms with Crippen LogP contribution in [0.15, 0.2) is 24.3 Å². The summed E-state index contributed by atoms with van der Waals surface area (Å²) in [6.45, 7) is 18.2. The van der Waals surface area contributed by atoms with E-state index >= 15 is 0 Å². The maximum Gasteiger partial charge on any atom is 0.495 e. The first-order chi connectivity index (χ1) is 13.7. The molecule has 3 aliphatic rings. The Morgan fingerprint density at radius 2 is 1.77 bits per heavy atom. The van der Waals surface area contributed by atoms with Gasteiger partial charge in [0.15, 0.2) is 0 Å². The molecule has 3 aliphatic heterocycles. The average molecular weight is 411 g/mol. The van der Waals surface area contributed by atoms with Crippen molar-refractivity contribution in [3.8, 4) is 0 Å². The van der Waals surface area contributed by atoms with Crippen molar-refractivity contribution >= 4 is 18.7 Å². The number of carbonyl (C=O) groups is 1. The maximum atomic E-state index is 13.3. The highest BCUT2D eigenvalue weighted by Gasteiger charge is 2.58. The second-order valence-electron chi connectivity index (χ2n) is 10.8. The van der Waals surface area contributed by atoms with Gasteiger partial charge >= 0.3 is 13.2 Å². The van der Waals surface area contributed by atoms with Gasteiger partial charge in [0, 0.05) is 0 Å². The molecule has 0 N–H and O–H groups in total. The molecule has 2 atom stereocenters. The smallest absolute Gasteiger partial charge is 0.444 e. The van der Waals surface area contributed by atoms with Gasteiger partial charge in [-0.1, -0.05) is 36.8 Å². The number of fused-ring (bicyclic) bond motifs is 5. The normalized spacial score (nSPS) is 28.2. The Morgan fingerprint density at radius 3 is 2.30 bits per heavy atom. The van der Waals surface area contributed by atoms with Crippen LogP contribution in [0, 0.1) is 6.92 Å². The SMILES string of the molecule is CCC12C=CC(c3c(B4OC(C)(C)C(C)(C)O4)cc(C)cc31)N2C(=O)OC(C)(C)C. The van der Waals surface area contributed by atoms with E-state index < -0.39 is 29.5 Å². The van der Waals surface area contributed by atoms with Gasteiger partial charge in [-0.25, -0.2) is 4.79 Å². The molecule has 1 saturated heterocycles. The highest BCUT2D eigenvalue weighted by Crippen LogP contribution is 2.55. The van der Waals surface area contributed by atoms with Crippen LogP contribution >= 0.6 is 0 Å². The van der Waals surface area contributed by atoms with Crippen LogP contribution in [-0.2, 0) is 19.6 Å². The summed E-state index contributed by atoms with van der Waals surface area (Å²) in [5, 5.41) is 0. The average Bonchev–Trinajstić information content (AvgIpc) is 3.17. The maximum absolute atomic E-state index is 13.3. The molecule has 0 radical (unpaired) electrons. The van der Waals surface area contributed by atoms with Crippen LogP contribution in [-0.4, -0.2) is 34.9 Å². The van der Waals surface area contributed by atoms with Crippen LogP contribution in [0.1, 0.15) is 84.5 Å². The number of ether oxygens (including phenoxy) is 1. The lowest BCUT2D eigenvalue weighted by Crippen LogP contribution is -2.44. The van der Waals surface area contributed by atoms with Gasteiger partial charge in [0.25, 0.3) is 0 Å². The number of amides is 1. The number of hydrogen-bond acceptors (Lipinski definition) is 4. The molecule has 0 spiro atoms. The molecule has 1 aromatic carbocycles. The van der Waals surface area contributed by atoms with Gasteiger partial charge in [-0.05, 0) is 78.4 Å². The van der Waals surface area contributed by atoms with E-state index in [0.717, 1.165) is 28.6 Å². The Balaban J connectivity index is 1.82. The van der Waals surface area contributed by atoms with Gasteiger partial charge in [-0.3, -0.25) is 4.90 Å². The molecule has 162 valence electrons. The predicted octanol–water partition coefficient (Wildman–Crippen LogP) is 4.76. The van der Waals surface area contributed by atoms with Crippen molar-refractivity contribution in [3.63, 3.8) is 0 Å². The molecule has 5 nitrogen and oxygen atoms in total. The van der Waals surface area contributed by atoms with Gasteiger partial charge in [-0.2, -0.15) is 0 Å².